The zero-order chi connectivity index (χ0) is 20.5. The maximum Gasteiger partial charge on any atom is 0.331 e. The van der Waals surface area contributed by atoms with Gasteiger partial charge in [0.2, 0.25) is 6.10 Å². The van der Waals surface area contributed by atoms with E-state index in [1.54, 1.807) is 36.4 Å². The smallest absolute Gasteiger partial charge is 0.331 e. The van der Waals surface area contributed by atoms with Crippen LogP contribution in [-0.4, -0.2) is 32.1 Å². The van der Waals surface area contributed by atoms with Crippen LogP contribution >= 0.6 is 0 Å². The van der Waals surface area contributed by atoms with Gasteiger partial charge in [-0.1, -0.05) is 36.4 Å². The molecule has 0 aliphatic rings. The minimum atomic E-state index is -1.33. The number of benzene rings is 2. The molecule has 0 unspecified atom stereocenters. The van der Waals surface area contributed by atoms with Gasteiger partial charge in [0.05, 0.1) is 7.11 Å². The Morgan fingerprint density at radius 3 is 2.43 bits per heavy atom. The fourth-order valence-electron chi connectivity index (χ4n) is 2.25. The minimum absolute atomic E-state index is 0.0785. The molecule has 0 aliphatic heterocycles. The van der Waals surface area contributed by atoms with Crippen LogP contribution in [0.3, 0.4) is 0 Å². The number of urea groups is 1. The standard InChI is InChI=1S/C20H19FN2O5/c1-22-20(26)23-19(25)18(14-6-4-3-5-7-14)28-17(24)11-9-13-8-10-16(27-2)15(21)12-13/h3-12,18H,1-2H3,(H2,22,23,25,26)/b11-9+/t18-/m1/s1. The summed E-state index contributed by atoms with van der Waals surface area (Å²) in [6.45, 7) is 0. The van der Waals surface area contributed by atoms with Gasteiger partial charge in [-0.15, -0.1) is 0 Å². The molecular weight excluding hydrogens is 367 g/mol. The summed E-state index contributed by atoms with van der Waals surface area (Å²) < 4.78 is 23.7. The van der Waals surface area contributed by atoms with E-state index in [1.807, 2.05) is 0 Å². The molecule has 2 N–H and O–H groups in total. The molecule has 2 rings (SSSR count). The van der Waals surface area contributed by atoms with Gasteiger partial charge in [0, 0.05) is 18.7 Å². The number of hydrogen-bond acceptors (Lipinski definition) is 5. The summed E-state index contributed by atoms with van der Waals surface area (Å²) in [4.78, 5) is 35.9. The number of methoxy groups -OCH3 is 1. The van der Waals surface area contributed by atoms with E-state index in [2.05, 4.69) is 10.6 Å². The monoisotopic (exact) mass is 386 g/mol. The highest BCUT2D eigenvalue weighted by Gasteiger charge is 2.25. The van der Waals surface area contributed by atoms with Crippen LogP contribution in [-0.2, 0) is 14.3 Å². The van der Waals surface area contributed by atoms with E-state index in [4.69, 9.17) is 9.47 Å². The van der Waals surface area contributed by atoms with Crippen molar-refractivity contribution in [3.63, 3.8) is 0 Å². The number of esters is 1. The molecule has 0 radical (unpaired) electrons. The van der Waals surface area contributed by atoms with Gasteiger partial charge in [-0.25, -0.2) is 14.0 Å². The first-order valence-electron chi connectivity index (χ1n) is 8.24. The third kappa shape index (κ3) is 5.66. The summed E-state index contributed by atoms with van der Waals surface area (Å²) in [5, 5.41) is 4.32. The second-order valence-corrected chi connectivity index (χ2v) is 5.52. The third-order valence-electron chi connectivity index (χ3n) is 3.63. The van der Waals surface area contributed by atoms with Crippen LogP contribution in [0.4, 0.5) is 9.18 Å². The van der Waals surface area contributed by atoms with Gasteiger partial charge < -0.3 is 14.8 Å². The molecule has 0 saturated carbocycles. The van der Waals surface area contributed by atoms with Gasteiger partial charge in [0.1, 0.15) is 0 Å². The maximum absolute atomic E-state index is 13.7. The van der Waals surface area contributed by atoms with Crippen molar-refractivity contribution < 1.29 is 28.2 Å². The van der Waals surface area contributed by atoms with Crippen LogP contribution in [0.1, 0.15) is 17.2 Å². The van der Waals surface area contributed by atoms with Gasteiger partial charge in [0.15, 0.2) is 11.6 Å². The number of amides is 3. The lowest BCUT2D eigenvalue weighted by Crippen LogP contribution is -2.41. The quantitative estimate of drug-likeness (QED) is 0.588. The summed E-state index contributed by atoms with van der Waals surface area (Å²) >= 11 is 0. The van der Waals surface area contributed by atoms with E-state index in [9.17, 15) is 18.8 Å². The molecule has 2 aromatic carbocycles. The Morgan fingerprint density at radius 1 is 1.11 bits per heavy atom. The average Bonchev–Trinajstić information content (AvgIpc) is 2.71. The molecule has 28 heavy (non-hydrogen) atoms. The number of rotatable bonds is 6. The number of imide groups is 1. The zero-order valence-corrected chi connectivity index (χ0v) is 15.3. The number of carbonyl (C=O) groups is 3. The van der Waals surface area contributed by atoms with E-state index in [0.29, 0.717) is 11.1 Å². The second kappa shape index (κ2) is 9.86. The summed E-state index contributed by atoms with van der Waals surface area (Å²) in [5.74, 6) is -2.14. The number of hydrogen-bond donors (Lipinski definition) is 2. The van der Waals surface area contributed by atoms with Crippen molar-refractivity contribution in [1.29, 1.82) is 0 Å². The number of carbonyl (C=O) groups excluding carboxylic acids is 3. The first-order valence-corrected chi connectivity index (χ1v) is 8.24. The van der Waals surface area contributed by atoms with Crippen molar-refractivity contribution in [1.82, 2.24) is 10.6 Å². The Morgan fingerprint density at radius 2 is 1.82 bits per heavy atom. The molecule has 3 amide bonds. The second-order valence-electron chi connectivity index (χ2n) is 5.52. The van der Waals surface area contributed by atoms with Gasteiger partial charge >= 0.3 is 12.0 Å². The minimum Gasteiger partial charge on any atom is -0.494 e. The Balaban J connectivity index is 2.14. The number of nitrogens with one attached hydrogen (secondary N) is 2. The Labute approximate surface area is 161 Å². The molecule has 146 valence electrons. The SMILES string of the molecule is CNC(=O)NC(=O)[C@H](OC(=O)/C=C/c1ccc(OC)c(F)c1)c1ccccc1. The van der Waals surface area contributed by atoms with Crippen molar-refractivity contribution in [3.05, 3.63) is 71.6 Å². The number of ether oxygens (including phenoxy) is 2. The van der Waals surface area contributed by atoms with Crippen molar-refractivity contribution in [2.24, 2.45) is 0 Å². The van der Waals surface area contributed by atoms with Crippen molar-refractivity contribution >= 4 is 24.0 Å². The van der Waals surface area contributed by atoms with Crippen molar-refractivity contribution in [2.75, 3.05) is 14.2 Å². The molecule has 0 aliphatic carbocycles. The molecule has 0 spiro atoms. The molecule has 0 aromatic heterocycles. The van der Waals surface area contributed by atoms with E-state index in [-0.39, 0.29) is 5.75 Å². The largest absolute Gasteiger partial charge is 0.494 e. The van der Waals surface area contributed by atoms with Crippen LogP contribution in [0.25, 0.3) is 6.08 Å². The lowest BCUT2D eigenvalue weighted by molar-refractivity contribution is -0.151. The van der Waals surface area contributed by atoms with Crippen LogP contribution < -0.4 is 15.4 Å². The predicted molar refractivity (Wildman–Crippen MR) is 99.9 cm³/mol. The normalized spacial score (nSPS) is 11.5. The topological polar surface area (TPSA) is 93.7 Å². The highest BCUT2D eigenvalue weighted by Crippen LogP contribution is 2.20. The summed E-state index contributed by atoms with van der Waals surface area (Å²) in [6, 6.07) is 11.7. The maximum atomic E-state index is 13.7. The van der Waals surface area contributed by atoms with Gasteiger partial charge in [0.25, 0.3) is 5.91 Å². The lowest BCUT2D eigenvalue weighted by atomic mass is 10.1. The van der Waals surface area contributed by atoms with E-state index >= 15 is 0 Å². The molecule has 2 aromatic rings. The van der Waals surface area contributed by atoms with Crippen LogP contribution in [0.2, 0.25) is 0 Å². The first-order chi connectivity index (χ1) is 13.4. The molecule has 1 atom stereocenters. The predicted octanol–water partition coefficient (Wildman–Crippen LogP) is 2.59. The molecule has 0 bridgehead atoms. The first kappa shape index (κ1) is 20.6. The van der Waals surface area contributed by atoms with Gasteiger partial charge in [-0.05, 0) is 23.8 Å². The molecular formula is C20H19FN2O5. The number of halogens is 1. The molecule has 0 saturated heterocycles. The van der Waals surface area contributed by atoms with Crippen molar-refractivity contribution in [2.45, 2.75) is 6.10 Å². The lowest BCUT2D eigenvalue weighted by Gasteiger charge is -2.16. The van der Waals surface area contributed by atoms with Gasteiger partial charge in [-0.2, -0.15) is 0 Å². The average molecular weight is 386 g/mol. The molecule has 0 heterocycles. The van der Waals surface area contributed by atoms with E-state index in [0.717, 1.165) is 6.08 Å². The van der Waals surface area contributed by atoms with Crippen molar-refractivity contribution in [3.8, 4) is 5.75 Å². The molecule has 0 fully saturated rings. The van der Waals surface area contributed by atoms with Crippen LogP contribution in [0, 0.1) is 5.82 Å². The Bertz CT molecular complexity index is 883. The Kier molecular flexibility index (Phi) is 7.27. The molecule has 7 nitrogen and oxygen atoms in total. The Hall–Kier alpha value is -3.68. The highest BCUT2D eigenvalue weighted by atomic mass is 19.1. The highest BCUT2D eigenvalue weighted by molar-refractivity contribution is 5.98. The van der Waals surface area contributed by atoms with Crippen LogP contribution in [0.15, 0.2) is 54.6 Å². The summed E-state index contributed by atoms with van der Waals surface area (Å²) in [5.41, 5.74) is 0.794. The third-order valence-corrected chi connectivity index (χ3v) is 3.63. The van der Waals surface area contributed by atoms with Crippen LogP contribution in [0.5, 0.6) is 5.75 Å². The fourth-order valence-corrected chi connectivity index (χ4v) is 2.25. The zero-order valence-electron chi connectivity index (χ0n) is 15.3. The van der Waals surface area contributed by atoms with E-state index < -0.39 is 29.8 Å². The summed E-state index contributed by atoms with van der Waals surface area (Å²) in [6.07, 6.45) is 1.07. The van der Waals surface area contributed by atoms with E-state index in [1.165, 1.54) is 32.4 Å². The summed E-state index contributed by atoms with van der Waals surface area (Å²) in [7, 11) is 2.70. The fraction of sp³-hybridized carbons (Fsp3) is 0.150. The molecule has 8 heteroatoms. The van der Waals surface area contributed by atoms with Gasteiger partial charge in [-0.3, -0.25) is 10.1 Å².